The standard InChI is InChI=1S/C9H17N3Si/c1-5-12(13(2,3)4)9-6-10-8-11-7-9/h6-8H,5H2,1-4H3. The molecule has 72 valence electrons. The highest BCUT2D eigenvalue weighted by molar-refractivity contribution is 6.79. The topological polar surface area (TPSA) is 29.0 Å². The van der Waals surface area contributed by atoms with E-state index in [9.17, 15) is 0 Å². The van der Waals surface area contributed by atoms with Crippen molar-refractivity contribution in [2.24, 2.45) is 0 Å². The lowest BCUT2D eigenvalue weighted by atomic mass is 10.5. The van der Waals surface area contributed by atoms with Crippen LogP contribution in [0.15, 0.2) is 18.7 Å². The Hall–Kier alpha value is -0.903. The summed E-state index contributed by atoms with van der Waals surface area (Å²) in [4.78, 5) is 8.07. The lowest BCUT2D eigenvalue weighted by Gasteiger charge is -2.34. The predicted octanol–water partition coefficient (Wildman–Crippen LogP) is 2.14. The fraction of sp³-hybridized carbons (Fsp3) is 0.556. The van der Waals surface area contributed by atoms with Crippen molar-refractivity contribution >= 4 is 13.9 Å². The summed E-state index contributed by atoms with van der Waals surface area (Å²) in [7, 11) is -1.27. The molecule has 0 radical (unpaired) electrons. The van der Waals surface area contributed by atoms with Crippen LogP contribution < -0.4 is 4.57 Å². The second kappa shape index (κ2) is 3.87. The minimum absolute atomic E-state index is 1.03. The van der Waals surface area contributed by atoms with Gasteiger partial charge in [0.2, 0.25) is 0 Å². The van der Waals surface area contributed by atoms with Gasteiger partial charge in [-0.25, -0.2) is 9.97 Å². The van der Waals surface area contributed by atoms with Crippen molar-refractivity contribution in [1.82, 2.24) is 9.97 Å². The van der Waals surface area contributed by atoms with Crippen molar-refractivity contribution < 1.29 is 0 Å². The number of aromatic nitrogens is 2. The third kappa shape index (κ3) is 2.52. The quantitative estimate of drug-likeness (QED) is 0.692. The van der Waals surface area contributed by atoms with Crippen LogP contribution in [0.3, 0.4) is 0 Å². The Bertz CT molecular complexity index is 255. The van der Waals surface area contributed by atoms with Crippen LogP contribution in [-0.4, -0.2) is 24.7 Å². The summed E-state index contributed by atoms with van der Waals surface area (Å²) in [5, 5.41) is 0. The molecular formula is C9H17N3Si. The molecule has 4 heteroatoms. The highest BCUT2D eigenvalue weighted by Gasteiger charge is 2.22. The second-order valence-electron chi connectivity index (χ2n) is 4.01. The van der Waals surface area contributed by atoms with E-state index in [2.05, 4.69) is 41.1 Å². The first kappa shape index (κ1) is 10.2. The minimum Gasteiger partial charge on any atom is -0.396 e. The Morgan fingerprint density at radius 2 is 1.77 bits per heavy atom. The molecule has 0 saturated heterocycles. The normalized spacial score (nSPS) is 11.4. The molecule has 1 aromatic heterocycles. The van der Waals surface area contributed by atoms with Crippen LogP contribution in [0.25, 0.3) is 0 Å². The van der Waals surface area contributed by atoms with E-state index >= 15 is 0 Å². The Labute approximate surface area is 80.9 Å². The molecule has 1 heterocycles. The molecule has 13 heavy (non-hydrogen) atoms. The summed E-state index contributed by atoms with van der Waals surface area (Å²) < 4.78 is 2.41. The number of rotatable bonds is 3. The molecule has 0 N–H and O–H groups in total. The molecule has 1 aromatic rings. The van der Waals surface area contributed by atoms with Crippen LogP contribution in [0.1, 0.15) is 6.92 Å². The first-order valence-electron chi connectivity index (χ1n) is 4.58. The van der Waals surface area contributed by atoms with Crippen molar-refractivity contribution in [3.05, 3.63) is 18.7 Å². The molecule has 0 saturated carbocycles. The maximum absolute atomic E-state index is 4.04. The minimum atomic E-state index is -1.27. The van der Waals surface area contributed by atoms with E-state index in [0.717, 1.165) is 12.2 Å². The van der Waals surface area contributed by atoms with E-state index in [1.54, 1.807) is 6.33 Å². The average molecular weight is 195 g/mol. The SMILES string of the molecule is CCN(c1cncnc1)[Si](C)(C)C. The van der Waals surface area contributed by atoms with Crippen LogP contribution >= 0.6 is 0 Å². The number of anilines is 1. The van der Waals surface area contributed by atoms with Crippen LogP contribution in [0.4, 0.5) is 5.69 Å². The van der Waals surface area contributed by atoms with Gasteiger partial charge in [0, 0.05) is 6.54 Å². The van der Waals surface area contributed by atoms with Crippen LogP contribution in [-0.2, 0) is 0 Å². The maximum Gasteiger partial charge on any atom is 0.147 e. The molecule has 0 amide bonds. The zero-order valence-electron chi connectivity index (χ0n) is 8.78. The molecule has 3 nitrogen and oxygen atoms in total. The Kier molecular flexibility index (Phi) is 3.03. The van der Waals surface area contributed by atoms with Crippen molar-refractivity contribution in [2.45, 2.75) is 26.6 Å². The molecule has 0 aliphatic heterocycles. The van der Waals surface area contributed by atoms with Gasteiger partial charge in [0.1, 0.15) is 14.6 Å². The lowest BCUT2D eigenvalue weighted by molar-refractivity contribution is 1.02. The first-order chi connectivity index (χ1) is 6.05. The molecule has 0 aromatic carbocycles. The summed E-state index contributed by atoms with van der Waals surface area (Å²) in [5.41, 5.74) is 1.14. The lowest BCUT2D eigenvalue weighted by Crippen LogP contribution is -2.46. The smallest absolute Gasteiger partial charge is 0.147 e. The average Bonchev–Trinajstić information content (AvgIpc) is 2.05. The monoisotopic (exact) mass is 195 g/mol. The van der Waals surface area contributed by atoms with Crippen molar-refractivity contribution in [3.8, 4) is 0 Å². The van der Waals surface area contributed by atoms with E-state index in [4.69, 9.17) is 0 Å². The molecule has 0 atom stereocenters. The molecule has 0 aliphatic carbocycles. The van der Waals surface area contributed by atoms with Gasteiger partial charge >= 0.3 is 0 Å². The zero-order chi connectivity index (χ0) is 9.90. The number of nitrogens with zero attached hydrogens (tertiary/aromatic N) is 3. The van der Waals surface area contributed by atoms with Gasteiger partial charge in [0.05, 0.1) is 18.1 Å². The van der Waals surface area contributed by atoms with Crippen molar-refractivity contribution in [1.29, 1.82) is 0 Å². The third-order valence-corrected chi connectivity index (χ3v) is 4.18. The third-order valence-electron chi connectivity index (χ3n) is 1.98. The zero-order valence-corrected chi connectivity index (χ0v) is 9.78. The van der Waals surface area contributed by atoms with Crippen LogP contribution in [0, 0.1) is 0 Å². The summed E-state index contributed by atoms with van der Waals surface area (Å²) >= 11 is 0. The van der Waals surface area contributed by atoms with Gasteiger partial charge < -0.3 is 4.57 Å². The molecule has 0 bridgehead atoms. The summed E-state index contributed by atoms with van der Waals surface area (Å²) in [6.07, 6.45) is 5.34. The van der Waals surface area contributed by atoms with Gasteiger partial charge in [0.15, 0.2) is 0 Å². The number of hydrogen-bond donors (Lipinski definition) is 0. The van der Waals surface area contributed by atoms with Crippen LogP contribution in [0.2, 0.25) is 19.6 Å². The van der Waals surface area contributed by atoms with Crippen molar-refractivity contribution in [2.75, 3.05) is 11.1 Å². The van der Waals surface area contributed by atoms with E-state index in [1.165, 1.54) is 0 Å². The molecule has 0 spiro atoms. The van der Waals surface area contributed by atoms with E-state index in [1.807, 2.05) is 12.4 Å². The fourth-order valence-electron chi connectivity index (χ4n) is 1.47. The number of hydrogen-bond acceptors (Lipinski definition) is 3. The van der Waals surface area contributed by atoms with E-state index in [0.29, 0.717) is 0 Å². The van der Waals surface area contributed by atoms with Crippen molar-refractivity contribution in [3.63, 3.8) is 0 Å². The van der Waals surface area contributed by atoms with Gasteiger partial charge in [-0.05, 0) is 6.92 Å². The van der Waals surface area contributed by atoms with Gasteiger partial charge in [-0.1, -0.05) is 19.6 Å². The van der Waals surface area contributed by atoms with Gasteiger partial charge in [0.25, 0.3) is 0 Å². The maximum atomic E-state index is 4.04. The predicted molar refractivity (Wildman–Crippen MR) is 58.4 cm³/mol. The summed E-state index contributed by atoms with van der Waals surface area (Å²) in [6.45, 7) is 10.2. The fourth-order valence-corrected chi connectivity index (χ4v) is 3.31. The Balaban J connectivity index is 2.92. The first-order valence-corrected chi connectivity index (χ1v) is 8.03. The van der Waals surface area contributed by atoms with Gasteiger partial charge in [-0.3, -0.25) is 0 Å². The van der Waals surface area contributed by atoms with Gasteiger partial charge in [-0.15, -0.1) is 0 Å². The summed E-state index contributed by atoms with van der Waals surface area (Å²) in [5.74, 6) is 0. The second-order valence-corrected chi connectivity index (χ2v) is 8.89. The van der Waals surface area contributed by atoms with Gasteiger partial charge in [-0.2, -0.15) is 0 Å². The molecule has 1 rings (SSSR count). The molecular weight excluding hydrogens is 178 g/mol. The molecule has 0 aliphatic rings. The van der Waals surface area contributed by atoms with Crippen LogP contribution in [0.5, 0.6) is 0 Å². The Morgan fingerprint density at radius 1 is 1.23 bits per heavy atom. The highest BCUT2D eigenvalue weighted by atomic mass is 28.3. The molecule has 0 unspecified atom stereocenters. The Morgan fingerprint density at radius 3 is 2.15 bits per heavy atom. The van der Waals surface area contributed by atoms with E-state index in [-0.39, 0.29) is 0 Å². The highest BCUT2D eigenvalue weighted by Crippen LogP contribution is 2.18. The van der Waals surface area contributed by atoms with E-state index < -0.39 is 8.24 Å². The largest absolute Gasteiger partial charge is 0.396 e. The molecule has 0 fully saturated rings. The summed E-state index contributed by atoms with van der Waals surface area (Å²) in [6, 6.07) is 0.